The molecule has 0 amide bonds. The zero-order valence-electron chi connectivity index (χ0n) is 13.0. The molecule has 2 N–H and O–H groups in total. The summed E-state index contributed by atoms with van der Waals surface area (Å²) in [4.78, 5) is 4.53. The lowest BCUT2D eigenvalue weighted by atomic mass is 10.1. The normalized spacial score (nSPS) is 14.1. The Labute approximate surface area is 126 Å². The van der Waals surface area contributed by atoms with Gasteiger partial charge in [0.25, 0.3) is 0 Å². The largest absolute Gasteiger partial charge is 0.488 e. The highest BCUT2D eigenvalue weighted by Gasteiger charge is 2.21. The Morgan fingerprint density at radius 2 is 2.10 bits per heavy atom. The predicted octanol–water partition coefficient (Wildman–Crippen LogP) is 2.67. The van der Waals surface area contributed by atoms with Crippen molar-refractivity contribution >= 4 is 10.9 Å². The molecule has 21 heavy (non-hydrogen) atoms. The third-order valence-electron chi connectivity index (χ3n) is 3.29. The van der Waals surface area contributed by atoms with Crippen LogP contribution < -0.4 is 10.1 Å². The monoisotopic (exact) mass is 288 g/mol. The number of aromatic nitrogens is 1. The summed E-state index contributed by atoms with van der Waals surface area (Å²) >= 11 is 0. The summed E-state index contributed by atoms with van der Waals surface area (Å²) in [6, 6.07) is 9.86. The van der Waals surface area contributed by atoms with Crippen LogP contribution in [0.3, 0.4) is 0 Å². The van der Waals surface area contributed by atoms with Crippen molar-refractivity contribution in [3.63, 3.8) is 0 Å². The second-order valence-electron chi connectivity index (χ2n) is 5.74. The van der Waals surface area contributed by atoms with Gasteiger partial charge in [0.2, 0.25) is 0 Å². The van der Waals surface area contributed by atoms with Crippen LogP contribution in [0, 0.1) is 6.92 Å². The van der Waals surface area contributed by atoms with Crippen LogP contribution in [-0.4, -0.2) is 35.4 Å². The van der Waals surface area contributed by atoms with Crippen LogP contribution >= 0.6 is 0 Å². The van der Waals surface area contributed by atoms with Crippen molar-refractivity contribution in [2.24, 2.45) is 0 Å². The van der Waals surface area contributed by atoms with Gasteiger partial charge in [0.1, 0.15) is 23.5 Å². The van der Waals surface area contributed by atoms with Gasteiger partial charge in [-0.05, 0) is 38.9 Å². The topological polar surface area (TPSA) is 54.4 Å². The lowest BCUT2D eigenvalue weighted by Crippen LogP contribution is -2.43. The number of para-hydroxylation sites is 1. The van der Waals surface area contributed by atoms with Crippen LogP contribution in [0.15, 0.2) is 30.3 Å². The first-order valence-corrected chi connectivity index (χ1v) is 7.44. The van der Waals surface area contributed by atoms with Crippen molar-refractivity contribution in [2.75, 3.05) is 19.7 Å². The van der Waals surface area contributed by atoms with E-state index in [-0.39, 0.29) is 6.61 Å². The minimum Gasteiger partial charge on any atom is -0.488 e. The van der Waals surface area contributed by atoms with Gasteiger partial charge in [0.05, 0.1) is 0 Å². The lowest BCUT2D eigenvalue weighted by Gasteiger charge is -2.24. The highest BCUT2D eigenvalue weighted by molar-refractivity contribution is 5.84. The minimum atomic E-state index is -0.902. The molecule has 0 spiro atoms. The zero-order valence-corrected chi connectivity index (χ0v) is 13.0. The number of aliphatic hydroxyl groups is 1. The highest BCUT2D eigenvalue weighted by Crippen LogP contribution is 2.24. The van der Waals surface area contributed by atoms with Gasteiger partial charge in [-0.2, -0.15) is 0 Å². The van der Waals surface area contributed by atoms with E-state index in [2.05, 4.69) is 17.2 Å². The van der Waals surface area contributed by atoms with Crippen LogP contribution in [0.25, 0.3) is 10.9 Å². The number of hydrogen-bond donors (Lipinski definition) is 2. The number of nitrogens with zero attached hydrogens (tertiary/aromatic N) is 1. The van der Waals surface area contributed by atoms with Gasteiger partial charge in [0.15, 0.2) is 0 Å². The second-order valence-corrected chi connectivity index (χ2v) is 5.74. The Morgan fingerprint density at radius 1 is 1.29 bits per heavy atom. The smallest absolute Gasteiger partial charge is 0.145 e. The molecule has 0 fully saturated rings. The maximum Gasteiger partial charge on any atom is 0.145 e. The molecule has 1 unspecified atom stereocenters. The average molecular weight is 288 g/mol. The van der Waals surface area contributed by atoms with Crippen molar-refractivity contribution in [1.82, 2.24) is 10.3 Å². The maximum atomic E-state index is 10.3. The second kappa shape index (κ2) is 6.87. The third kappa shape index (κ3) is 4.41. The van der Waals surface area contributed by atoms with Crippen molar-refractivity contribution in [2.45, 2.75) is 32.8 Å². The molecule has 4 heteroatoms. The van der Waals surface area contributed by atoms with Crippen LogP contribution in [0.4, 0.5) is 0 Å². The first-order chi connectivity index (χ1) is 10.0. The van der Waals surface area contributed by atoms with E-state index in [1.165, 1.54) is 0 Å². The molecule has 1 heterocycles. The molecule has 1 aromatic carbocycles. The van der Waals surface area contributed by atoms with Crippen LogP contribution in [0.5, 0.6) is 5.75 Å². The summed E-state index contributed by atoms with van der Waals surface area (Å²) in [7, 11) is 0. The molecule has 0 aliphatic carbocycles. The van der Waals surface area contributed by atoms with Gasteiger partial charge in [-0.1, -0.05) is 25.1 Å². The number of aryl methyl sites for hydroxylation is 1. The summed E-state index contributed by atoms with van der Waals surface area (Å²) in [5, 5.41) is 14.6. The molecule has 0 aliphatic heterocycles. The summed E-state index contributed by atoms with van der Waals surface area (Å²) in [5.41, 5.74) is 0.894. The number of rotatable bonds is 7. The average Bonchev–Trinajstić information content (AvgIpc) is 2.45. The van der Waals surface area contributed by atoms with Gasteiger partial charge < -0.3 is 15.2 Å². The minimum absolute atomic E-state index is 0.235. The molecule has 2 rings (SSSR count). The maximum absolute atomic E-state index is 10.3. The molecule has 4 nitrogen and oxygen atoms in total. The van der Waals surface area contributed by atoms with Gasteiger partial charge in [-0.15, -0.1) is 0 Å². The van der Waals surface area contributed by atoms with Crippen molar-refractivity contribution < 1.29 is 9.84 Å². The first-order valence-electron chi connectivity index (χ1n) is 7.44. The fraction of sp³-hybridized carbons (Fsp3) is 0.471. The zero-order chi connectivity index (χ0) is 15.3. The van der Waals surface area contributed by atoms with Crippen LogP contribution in [0.1, 0.15) is 26.0 Å². The summed E-state index contributed by atoms with van der Waals surface area (Å²) in [5.74, 6) is 0.715. The number of fused-ring (bicyclic) bond motifs is 1. The van der Waals surface area contributed by atoms with E-state index in [0.717, 1.165) is 29.6 Å². The molecule has 0 aliphatic rings. The van der Waals surface area contributed by atoms with E-state index in [4.69, 9.17) is 4.74 Å². The molecule has 0 saturated carbocycles. The quantitative estimate of drug-likeness (QED) is 0.769. The summed E-state index contributed by atoms with van der Waals surface area (Å²) in [6.07, 6.45) is 1.05. The molecule has 114 valence electrons. The van der Waals surface area contributed by atoms with Crippen molar-refractivity contribution in [3.05, 3.63) is 36.0 Å². The van der Waals surface area contributed by atoms with Gasteiger partial charge in [-0.3, -0.25) is 0 Å². The van der Waals surface area contributed by atoms with E-state index in [1.807, 2.05) is 37.3 Å². The Bertz CT molecular complexity index is 596. The first kappa shape index (κ1) is 15.7. The third-order valence-corrected chi connectivity index (χ3v) is 3.29. The number of benzene rings is 1. The van der Waals surface area contributed by atoms with E-state index in [1.54, 1.807) is 6.92 Å². The molecular formula is C17H24N2O2. The summed E-state index contributed by atoms with van der Waals surface area (Å²) < 4.78 is 5.82. The lowest BCUT2D eigenvalue weighted by molar-refractivity contribution is 0.0129. The Kier molecular flexibility index (Phi) is 5.15. The van der Waals surface area contributed by atoms with Crippen molar-refractivity contribution in [1.29, 1.82) is 0 Å². The van der Waals surface area contributed by atoms with E-state index in [9.17, 15) is 5.11 Å². The number of nitrogens with one attached hydrogen (secondary N) is 1. The van der Waals surface area contributed by atoms with E-state index in [0.29, 0.717) is 12.3 Å². The van der Waals surface area contributed by atoms with Crippen LogP contribution in [0.2, 0.25) is 0 Å². The van der Waals surface area contributed by atoms with E-state index < -0.39 is 5.60 Å². The number of ether oxygens (including phenoxy) is 1. The van der Waals surface area contributed by atoms with Gasteiger partial charge in [-0.25, -0.2) is 4.98 Å². The SMILES string of the molecule is CCCNCC(C)(O)COc1cccc2ccc(C)nc12. The van der Waals surface area contributed by atoms with Gasteiger partial charge in [0, 0.05) is 17.6 Å². The predicted molar refractivity (Wildman–Crippen MR) is 85.8 cm³/mol. The Hall–Kier alpha value is -1.65. The standard InChI is InChI=1S/C17H24N2O2/c1-4-10-18-11-17(3,20)12-21-15-7-5-6-14-9-8-13(2)19-16(14)15/h5-9,18,20H,4,10-12H2,1-3H3. The molecule has 0 bridgehead atoms. The molecule has 0 radical (unpaired) electrons. The van der Waals surface area contributed by atoms with Crippen LogP contribution in [-0.2, 0) is 0 Å². The Balaban J connectivity index is 2.07. The van der Waals surface area contributed by atoms with Crippen molar-refractivity contribution in [3.8, 4) is 5.75 Å². The summed E-state index contributed by atoms with van der Waals surface area (Å²) in [6.45, 7) is 7.48. The molecule has 1 atom stereocenters. The number of pyridine rings is 1. The Morgan fingerprint density at radius 3 is 2.86 bits per heavy atom. The fourth-order valence-electron chi connectivity index (χ4n) is 2.15. The van der Waals surface area contributed by atoms with Gasteiger partial charge >= 0.3 is 0 Å². The number of hydrogen-bond acceptors (Lipinski definition) is 4. The molecule has 0 saturated heterocycles. The molecular weight excluding hydrogens is 264 g/mol. The molecule has 1 aromatic heterocycles. The fourth-order valence-corrected chi connectivity index (χ4v) is 2.15. The van der Waals surface area contributed by atoms with E-state index >= 15 is 0 Å². The highest BCUT2D eigenvalue weighted by atomic mass is 16.5. The molecule has 2 aromatic rings.